The van der Waals surface area contributed by atoms with Crippen molar-refractivity contribution in [3.8, 4) is 44.8 Å². The minimum absolute atomic E-state index is 0. The molecule has 0 saturated heterocycles. The topological polar surface area (TPSA) is 38.9 Å². The summed E-state index contributed by atoms with van der Waals surface area (Å²) < 4.78 is 30.7. The number of hydrogen-bond acceptors (Lipinski definition) is 3. The van der Waals surface area contributed by atoms with Crippen LogP contribution in [-0.4, -0.2) is 23.2 Å². The maximum Gasteiger partial charge on any atom is 0 e. The molecule has 1 radical (unpaired) electrons. The molecule has 0 saturated carbocycles. The van der Waals surface area contributed by atoms with Crippen LogP contribution in [0.1, 0.15) is 53.0 Å². The van der Waals surface area contributed by atoms with Crippen LogP contribution >= 0.6 is 0 Å². The van der Waals surface area contributed by atoms with E-state index < -0.39 is 19.2 Å². The minimum Gasteiger partial charge on any atom is 0 e. The van der Waals surface area contributed by atoms with E-state index in [0.29, 0.717) is 11.3 Å². The van der Waals surface area contributed by atoms with Crippen LogP contribution in [0.2, 0.25) is 17.3 Å². The largest absolute Gasteiger partial charge is 0 e. The van der Waals surface area contributed by atoms with Crippen LogP contribution in [0.4, 0.5) is 4.39 Å². The van der Waals surface area contributed by atoms with Gasteiger partial charge in [-0.25, -0.2) is 0 Å². The van der Waals surface area contributed by atoms with Gasteiger partial charge in [0.2, 0.25) is 0 Å². The molecule has 6 heteroatoms. The second kappa shape index (κ2) is 16.8. The van der Waals surface area contributed by atoms with E-state index in [4.69, 9.17) is 5.79 Å². The molecule has 0 spiro atoms. The summed E-state index contributed by atoms with van der Waals surface area (Å²) in [4.78, 5) is 8.95. The fraction of sp³-hybridized carbons (Fsp3) is 0.200. The SMILES string of the molecule is [2H]C(C)(C)c1cc(-c2ccccc2)cc2c1oc1cc(-c3cc(C(C)(C)C)ccn3)[c-]cc12.[CH3][Ge]([CH3])([CH3])[c]1cnc(-c2[c-]cc(-c3ccccc3)cc2)c(F)c1.[Ir]. The van der Waals surface area contributed by atoms with E-state index in [2.05, 4.69) is 96.5 Å². The number of furan rings is 1. The number of fused-ring (bicyclic) bond motifs is 3. The normalized spacial score (nSPS) is 12.1. The first-order valence-corrected chi connectivity index (χ1v) is 26.1. The summed E-state index contributed by atoms with van der Waals surface area (Å²) in [5, 5.41) is 2.02. The van der Waals surface area contributed by atoms with Gasteiger partial charge in [-0.05, 0) is 56.8 Å². The van der Waals surface area contributed by atoms with Gasteiger partial charge in [0.1, 0.15) is 5.58 Å². The van der Waals surface area contributed by atoms with Gasteiger partial charge in [-0.2, -0.15) is 0 Å². The number of pyridine rings is 2. The predicted molar refractivity (Wildman–Crippen MR) is 231 cm³/mol. The number of hydrogen-bond donors (Lipinski definition) is 0. The summed E-state index contributed by atoms with van der Waals surface area (Å²) in [5.41, 5.74) is 11.0. The van der Waals surface area contributed by atoms with Crippen molar-refractivity contribution in [1.82, 2.24) is 9.97 Å². The Labute approximate surface area is 348 Å². The maximum atomic E-state index is 14.4. The summed E-state index contributed by atoms with van der Waals surface area (Å²) in [6.45, 7) is 10.4. The third-order valence-corrected chi connectivity index (χ3v) is 14.1. The summed E-state index contributed by atoms with van der Waals surface area (Å²) in [5.74, 6) is 5.64. The zero-order valence-electron chi connectivity index (χ0n) is 34.2. The number of aromatic nitrogens is 2. The molecule has 0 fully saturated rings. The van der Waals surface area contributed by atoms with Gasteiger partial charge in [0.25, 0.3) is 0 Å². The molecule has 0 N–H and O–H groups in total. The van der Waals surface area contributed by atoms with Gasteiger partial charge >= 0.3 is 139 Å². The average Bonchev–Trinajstić information content (AvgIpc) is 3.55. The van der Waals surface area contributed by atoms with Crippen molar-refractivity contribution in [2.45, 2.75) is 63.2 Å². The second-order valence-corrected chi connectivity index (χ2v) is 27.0. The molecule has 0 bridgehead atoms. The molecule has 0 amide bonds. The molecule has 56 heavy (non-hydrogen) atoms. The Morgan fingerprint density at radius 2 is 1.38 bits per heavy atom. The molecule has 8 rings (SSSR count). The number of halogens is 1. The van der Waals surface area contributed by atoms with Crippen LogP contribution in [0.15, 0.2) is 138 Å². The maximum absolute atomic E-state index is 14.4. The summed E-state index contributed by atoms with van der Waals surface area (Å²) in [7, 11) is 0. The van der Waals surface area contributed by atoms with Crippen molar-refractivity contribution in [1.29, 1.82) is 0 Å². The van der Waals surface area contributed by atoms with Gasteiger partial charge in [-0.15, -0.1) is 17.7 Å². The van der Waals surface area contributed by atoms with Gasteiger partial charge in [-0.1, -0.05) is 88.5 Å². The van der Waals surface area contributed by atoms with E-state index >= 15 is 0 Å². The first-order chi connectivity index (χ1) is 26.6. The van der Waals surface area contributed by atoms with E-state index in [1.54, 1.807) is 6.07 Å². The van der Waals surface area contributed by atoms with Gasteiger partial charge < -0.3 is 9.40 Å². The zero-order chi connectivity index (χ0) is 39.8. The van der Waals surface area contributed by atoms with Crippen molar-refractivity contribution in [2.24, 2.45) is 0 Å². The summed E-state index contributed by atoms with van der Waals surface area (Å²) in [6.07, 6.45) is 3.69. The van der Waals surface area contributed by atoms with E-state index in [1.165, 1.54) is 5.56 Å². The Bertz CT molecular complexity index is 2640. The first-order valence-electron chi connectivity index (χ1n) is 19.2. The van der Waals surface area contributed by atoms with Gasteiger partial charge in [0, 0.05) is 27.7 Å². The molecule has 285 valence electrons. The molecule has 3 aromatic heterocycles. The molecular formula is C50H47FGeIrN2O-2. The fourth-order valence-corrected chi connectivity index (χ4v) is 8.73. The van der Waals surface area contributed by atoms with Crippen molar-refractivity contribution in [3.63, 3.8) is 0 Å². The number of nitrogens with zero attached hydrogens (tertiary/aromatic N) is 2. The molecule has 0 unspecified atom stereocenters. The Kier molecular flexibility index (Phi) is 11.9. The van der Waals surface area contributed by atoms with Crippen LogP contribution < -0.4 is 4.40 Å². The minimum atomic E-state index is -2.06. The standard InChI is InChI=1S/C30H28NO.C20H19FGeN.Ir/c1-19(2)25-15-22(20-9-7-6-8-10-20)16-26-24-12-11-21(17-28(24)32-29(25)26)27-18-23(13-14-31-27)30(3,4)5;1-22(2,3)18-13-19(21)20(23-14-18)17-11-9-16(10-12-17)15-7-5-4-6-8-15;/h6-10,12-19H,1-5H3;4-11,13-14H,1-3H3;/q2*-1;/i19D;;. The molecule has 5 aromatic carbocycles. The zero-order valence-corrected chi connectivity index (χ0v) is 37.7. The Balaban J connectivity index is 0.000000202. The summed E-state index contributed by atoms with van der Waals surface area (Å²) in [6, 6.07) is 46.9. The number of benzene rings is 5. The van der Waals surface area contributed by atoms with Gasteiger partial charge in [0.05, 0.1) is 5.58 Å². The van der Waals surface area contributed by atoms with Crippen LogP contribution in [-0.2, 0) is 25.5 Å². The monoisotopic (exact) mass is 978 g/mol. The van der Waals surface area contributed by atoms with E-state index in [9.17, 15) is 4.39 Å². The fourth-order valence-electron chi connectivity index (χ4n) is 6.60. The molecule has 0 aliphatic carbocycles. The second-order valence-electron chi connectivity index (χ2n) is 16.3. The smallest absolute Gasteiger partial charge is 0 e. The first kappa shape index (κ1) is 39.6. The van der Waals surface area contributed by atoms with Crippen molar-refractivity contribution >= 4 is 39.6 Å². The van der Waals surface area contributed by atoms with Gasteiger partial charge in [-0.3, -0.25) is 0 Å². The Morgan fingerprint density at radius 3 is 1.96 bits per heavy atom. The molecule has 0 atom stereocenters. The van der Waals surface area contributed by atoms with Crippen LogP contribution in [0.3, 0.4) is 0 Å². The van der Waals surface area contributed by atoms with E-state index in [-0.39, 0.29) is 31.3 Å². The number of rotatable bonds is 6. The molecule has 0 aliphatic rings. The van der Waals surface area contributed by atoms with Crippen LogP contribution in [0.25, 0.3) is 66.7 Å². The molecular weight excluding hydrogens is 928 g/mol. The van der Waals surface area contributed by atoms with Crippen LogP contribution in [0, 0.1) is 17.9 Å². The third-order valence-electron chi connectivity index (χ3n) is 9.93. The Morgan fingerprint density at radius 1 is 0.714 bits per heavy atom. The third kappa shape index (κ3) is 8.97. The predicted octanol–water partition coefficient (Wildman–Crippen LogP) is 13.4. The van der Waals surface area contributed by atoms with E-state index in [1.807, 2.05) is 105 Å². The van der Waals surface area contributed by atoms with Crippen molar-refractivity contribution in [3.05, 3.63) is 163 Å². The molecule has 3 heterocycles. The van der Waals surface area contributed by atoms with Crippen LogP contribution in [0.5, 0.6) is 0 Å². The van der Waals surface area contributed by atoms with Crippen molar-refractivity contribution in [2.75, 3.05) is 0 Å². The average molecular weight is 977 g/mol. The van der Waals surface area contributed by atoms with Crippen molar-refractivity contribution < 1.29 is 30.3 Å². The Hall–Kier alpha value is -4.68. The quantitative estimate of drug-likeness (QED) is 0.123. The molecule has 0 aliphatic heterocycles. The summed E-state index contributed by atoms with van der Waals surface area (Å²) >= 11 is -2.06. The van der Waals surface area contributed by atoms with Gasteiger partial charge in [0.15, 0.2) is 0 Å². The molecule has 8 aromatic rings. The molecule has 3 nitrogen and oxygen atoms in total. The van der Waals surface area contributed by atoms with E-state index in [0.717, 1.165) is 65.4 Å².